The van der Waals surface area contributed by atoms with Gasteiger partial charge in [-0.05, 0) is 32.0 Å². The van der Waals surface area contributed by atoms with Crippen LogP contribution in [0.25, 0.3) is 0 Å². The number of hydrogen-bond acceptors (Lipinski definition) is 5. The monoisotopic (exact) mass is 376 g/mol. The molecule has 0 aliphatic rings. The molecule has 1 N–H and O–H groups in total. The van der Waals surface area contributed by atoms with Crippen molar-refractivity contribution in [2.45, 2.75) is 26.1 Å². The number of esters is 1. The van der Waals surface area contributed by atoms with Crippen molar-refractivity contribution >= 4 is 29.2 Å². The van der Waals surface area contributed by atoms with Crippen molar-refractivity contribution < 1.29 is 32.0 Å². The highest BCUT2D eigenvalue weighted by Gasteiger charge is 2.34. The summed E-state index contributed by atoms with van der Waals surface area (Å²) in [6, 6.07) is 4.19. The maximum atomic E-state index is 13.0. The summed E-state index contributed by atoms with van der Waals surface area (Å²) in [6.07, 6.45) is -6.08. The fourth-order valence-electron chi connectivity index (χ4n) is 1.83. The molecule has 0 saturated carbocycles. The lowest BCUT2D eigenvalue weighted by molar-refractivity contribution is -0.137. The van der Waals surface area contributed by atoms with Gasteiger partial charge in [0.25, 0.3) is 5.91 Å². The van der Waals surface area contributed by atoms with Crippen LogP contribution in [0, 0.1) is 6.92 Å². The topological polar surface area (TPSA) is 81.4 Å². The predicted molar refractivity (Wildman–Crippen MR) is 81.2 cm³/mol. The molecule has 1 aromatic carbocycles. The zero-order valence-corrected chi connectivity index (χ0v) is 13.7. The molecule has 6 nitrogen and oxygen atoms in total. The Labute approximate surface area is 144 Å². The van der Waals surface area contributed by atoms with Crippen molar-refractivity contribution in [2.24, 2.45) is 0 Å². The van der Waals surface area contributed by atoms with Gasteiger partial charge in [-0.25, -0.2) is 4.79 Å². The number of aryl methyl sites for hydroxylation is 1. The lowest BCUT2D eigenvalue weighted by Gasteiger charge is -2.16. The lowest BCUT2D eigenvalue weighted by atomic mass is 10.1. The Hall–Kier alpha value is -2.55. The average Bonchev–Trinajstić information content (AvgIpc) is 2.94. The highest BCUT2D eigenvalue weighted by atomic mass is 35.5. The number of hydrogen-bond donors (Lipinski definition) is 1. The van der Waals surface area contributed by atoms with Gasteiger partial charge in [0.05, 0.1) is 16.9 Å². The first-order valence-electron chi connectivity index (χ1n) is 6.90. The van der Waals surface area contributed by atoms with E-state index in [4.69, 9.17) is 16.3 Å². The van der Waals surface area contributed by atoms with Gasteiger partial charge in [-0.3, -0.25) is 4.79 Å². The van der Waals surface area contributed by atoms with Crippen molar-refractivity contribution in [3.63, 3.8) is 0 Å². The number of rotatable bonds is 4. The Morgan fingerprint density at radius 1 is 1.32 bits per heavy atom. The number of aromatic nitrogens is 1. The minimum atomic E-state index is -4.72. The molecule has 0 radical (unpaired) electrons. The van der Waals surface area contributed by atoms with Crippen LogP contribution in [0.5, 0.6) is 0 Å². The highest BCUT2D eigenvalue weighted by molar-refractivity contribution is 6.30. The van der Waals surface area contributed by atoms with E-state index >= 15 is 0 Å². The Morgan fingerprint density at radius 3 is 2.56 bits per heavy atom. The number of carbonyl (C=O) groups is 2. The minimum absolute atomic E-state index is 0.134. The van der Waals surface area contributed by atoms with Crippen LogP contribution >= 0.6 is 11.6 Å². The average molecular weight is 377 g/mol. The molecular formula is C15H12ClF3N2O4. The number of anilines is 1. The third-order valence-corrected chi connectivity index (χ3v) is 3.26. The lowest BCUT2D eigenvalue weighted by Crippen LogP contribution is -2.30. The predicted octanol–water partition coefficient (Wildman–Crippen LogP) is 3.84. The Morgan fingerprint density at radius 2 is 2.00 bits per heavy atom. The second kappa shape index (κ2) is 7.14. The smallest absolute Gasteiger partial charge is 0.418 e. The molecule has 1 heterocycles. The number of nitrogens with zero attached hydrogens (tertiary/aromatic N) is 1. The Balaban J connectivity index is 2.10. The zero-order chi connectivity index (χ0) is 18.8. The van der Waals surface area contributed by atoms with E-state index in [0.717, 1.165) is 6.07 Å². The molecule has 1 amide bonds. The summed E-state index contributed by atoms with van der Waals surface area (Å²) >= 11 is 5.56. The first-order valence-corrected chi connectivity index (χ1v) is 7.27. The largest absolute Gasteiger partial charge is 0.447 e. The fourth-order valence-corrected chi connectivity index (χ4v) is 2.00. The third kappa shape index (κ3) is 4.72. The van der Waals surface area contributed by atoms with E-state index < -0.39 is 35.4 Å². The molecule has 0 fully saturated rings. The fraction of sp³-hybridized carbons (Fsp3) is 0.267. The van der Waals surface area contributed by atoms with E-state index in [0.29, 0.717) is 11.8 Å². The zero-order valence-electron chi connectivity index (χ0n) is 13.0. The molecule has 0 bridgehead atoms. The molecule has 0 aliphatic carbocycles. The first kappa shape index (κ1) is 18.8. The van der Waals surface area contributed by atoms with Crippen LogP contribution in [0.3, 0.4) is 0 Å². The van der Waals surface area contributed by atoms with E-state index in [1.54, 1.807) is 6.92 Å². The molecule has 0 aliphatic heterocycles. The highest BCUT2D eigenvalue weighted by Crippen LogP contribution is 2.36. The van der Waals surface area contributed by atoms with Gasteiger partial charge in [0, 0.05) is 11.1 Å². The van der Waals surface area contributed by atoms with Gasteiger partial charge in [0.1, 0.15) is 0 Å². The molecule has 0 saturated heterocycles. The SMILES string of the molecule is Cc1cc(C(=O)O[C@@H](C)C(=O)Nc2ccc(Cl)cc2C(F)(F)F)on1. The van der Waals surface area contributed by atoms with Crippen LogP contribution < -0.4 is 5.32 Å². The van der Waals surface area contributed by atoms with Crippen molar-refractivity contribution in [1.29, 1.82) is 0 Å². The molecule has 134 valence electrons. The number of alkyl halides is 3. The number of halogens is 4. The maximum Gasteiger partial charge on any atom is 0.418 e. The van der Waals surface area contributed by atoms with E-state index in [2.05, 4.69) is 15.0 Å². The standard InChI is InChI=1S/C15H12ClF3N2O4/c1-7-5-12(25-21-7)14(23)24-8(2)13(22)20-11-4-3-9(16)6-10(11)15(17,18)19/h3-6,8H,1-2H3,(H,20,22)/t8-/m0/s1. The summed E-state index contributed by atoms with van der Waals surface area (Å²) in [7, 11) is 0. The normalized spacial score (nSPS) is 12.6. The second-order valence-electron chi connectivity index (χ2n) is 5.06. The van der Waals surface area contributed by atoms with Crippen LogP contribution in [-0.4, -0.2) is 23.1 Å². The van der Waals surface area contributed by atoms with E-state index in [1.807, 2.05) is 0 Å². The van der Waals surface area contributed by atoms with Gasteiger partial charge in [-0.1, -0.05) is 16.8 Å². The van der Waals surface area contributed by atoms with Crippen LogP contribution in [-0.2, 0) is 15.7 Å². The van der Waals surface area contributed by atoms with Gasteiger partial charge < -0.3 is 14.6 Å². The van der Waals surface area contributed by atoms with E-state index in [-0.39, 0.29) is 10.8 Å². The molecule has 2 aromatic rings. The van der Waals surface area contributed by atoms with Gasteiger partial charge >= 0.3 is 12.1 Å². The number of amides is 1. The second-order valence-corrected chi connectivity index (χ2v) is 5.49. The molecule has 1 aromatic heterocycles. The van der Waals surface area contributed by atoms with Crippen molar-refractivity contribution in [3.05, 3.63) is 46.3 Å². The Kier molecular flexibility index (Phi) is 5.36. The van der Waals surface area contributed by atoms with Gasteiger partial charge in [0.15, 0.2) is 6.10 Å². The third-order valence-electron chi connectivity index (χ3n) is 3.03. The van der Waals surface area contributed by atoms with Crippen LogP contribution in [0.2, 0.25) is 5.02 Å². The summed E-state index contributed by atoms with van der Waals surface area (Å²) in [5.74, 6) is -2.13. The van der Waals surface area contributed by atoms with E-state index in [9.17, 15) is 22.8 Å². The first-order chi connectivity index (χ1) is 11.6. The molecule has 1 atom stereocenters. The van der Waals surface area contributed by atoms with Crippen molar-refractivity contribution in [3.8, 4) is 0 Å². The molecule has 2 rings (SSSR count). The molecular weight excluding hydrogens is 365 g/mol. The number of carbonyl (C=O) groups excluding carboxylic acids is 2. The van der Waals surface area contributed by atoms with E-state index in [1.165, 1.54) is 19.1 Å². The van der Waals surface area contributed by atoms with Crippen LogP contribution in [0.15, 0.2) is 28.8 Å². The van der Waals surface area contributed by atoms with Crippen molar-refractivity contribution in [2.75, 3.05) is 5.32 Å². The summed E-state index contributed by atoms with van der Waals surface area (Å²) in [5.41, 5.74) is -1.18. The van der Waals surface area contributed by atoms with Crippen LogP contribution in [0.4, 0.5) is 18.9 Å². The number of ether oxygens (including phenoxy) is 1. The van der Waals surface area contributed by atoms with Crippen LogP contribution in [0.1, 0.15) is 28.7 Å². The minimum Gasteiger partial charge on any atom is -0.447 e. The molecule has 0 spiro atoms. The quantitative estimate of drug-likeness (QED) is 0.820. The summed E-state index contributed by atoms with van der Waals surface area (Å²) in [6.45, 7) is 2.79. The molecule has 25 heavy (non-hydrogen) atoms. The molecule has 10 heteroatoms. The number of benzene rings is 1. The van der Waals surface area contributed by atoms with Gasteiger partial charge in [-0.15, -0.1) is 0 Å². The summed E-state index contributed by atoms with van der Waals surface area (Å²) in [5, 5.41) is 5.42. The van der Waals surface area contributed by atoms with Gasteiger partial charge in [0.2, 0.25) is 5.76 Å². The Bertz CT molecular complexity index is 804. The summed E-state index contributed by atoms with van der Waals surface area (Å²) < 4.78 is 48.5. The number of nitrogens with one attached hydrogen (secondary N) is 1. The maximum absolute atomic E-state index is 13.0. The van der Waals surface area contributed by atoms with Crippen molar-refractivity contribution in [1.82, 2.24) is 5.16 Å². The van der Waals surface area contributed by atoms with Gasteiger partial charge in [-0.2, -0.15) is 13.2 Å². The molecule has 0 unspecified atom stereocenters. The summed E-state index contributed by atoms with van der Waals surface area (Å²) in [4.78, 5) is 23.8.